The van der Waals surface area contributed by atoms with Crippen molar-refractivity contribution in [1.82, 2.24) is 9.80 Å². The molecule has 0 radical (unpaired) electrons. The average molecular weight is 460 g/mol. The van der Waals surface area contributed by atoms with E-state index < -0.39 is 0 Å². The largest absolute Gasteiger partial charge is 0.330 e. The number of fused-ring (bicyclic) bond motifs is 1. The highest BCUT2D eigenvalue weighted by Gasteiger charge is 2.35. The van der Waals surface area contributed by atoms with Crippen molar-refractivity contribution in [2.24, 2.45) is 0 Å². The zero-order valence-electron chi connectivity index (χ0n) is 15.6. The van der Waals surface area contributed by atoms with Gasteiger partial charge in [-0.05, 0) is 55.0 Å². The summed E-state index contributed by atoms with van der Waals surface area (Å²) in [6.45, 7) is 4.30. The van der Waals surface area contributed by atoms with E-state index in [2.05, 4.69) is 0 Å². The minimum Gasteiger partial charge on any atom is -0.330 e. The molecule has 2 heterocycles. The summed E-state index contributed by atoms with van der Waals surface area (Å²) in [6, 6.07) is 6.97. The molecule has 28 heavy (non-hydrogen) atoms. The highest BCUT2D eigenvalue weighted by atomic mass is 35.5. The van der Waals surface area contributed by atoms with E-state index in [9.17, 15) is 9.59 Å². The molecular weight excluding hydrogens is 439 g/mol. The summed E-state index contributed by atoms with van der Waals surface area (Å²) in [7, 11) is 0. The van der Waals surface area contributed by atoms with Crippen LogP contribution < -0.4 is 0 Å². The maximum Gasteiger partial charge on any atom is 0.243 e. The Kier molecular flexibility index (Phi) is 6.92. The third kappa shape index (κ3) is 4.33. The van der Waals surface area contributed by atoms with Gasteiger partial charge in [0.2, 0.25) is 11.8 Å². The molecule has 2 amide bonds. The van der Waals surface area contributed by atoms with Crippen LogP contribution in [-0.4, -0.2) is 46.6 Å². The van der Waals surface area contributed by atoms with Gasteiger partial charge >= 0.3 is 0 Å². The standard InChI is InChI=1S/C20H21Cl3N2O2S/c1-12(2)25(18(26)10-21)11-19(27)24-7-5-17-15(6-8-28-17)20(24)14-4-3-13(22)9-16(14)23/h3-4,6,8-9,12,20H,5,7,10-11H2,1-2H3. The van der Waals surface area contributed by atoms with E-state index in [1.165, 1.54) is 9.78 Å². The number of rotatable bonds is 5. The molecular formula is C20H21Cl3N2O2S. The van der Waals surface area contributed by atoms with E-state index >= 15 is 0 Å². The molecule has 0 fully saturated rings. The SMILES string of the molecule is CC(C)N(CC(=O)N1CCc2sccc2C1c1ccc(Cl)cc1Cl)C(=O)CCl. The Morgan fingerprint density at radius 3 is 2.64 bits per heavy atom. The molecule has 1 aliphatic heterocycles. The summed E-state index contributed by atoms with van der Waals surface area (Å²) in [5, 5.41) is 3.10. The number of benzene rings is 1. The molecule has 1 atom stereocenters. The summed E-state index contributed by atoms with van der Waals surface area (Å²) in [5.41, 5.74) is 1.91. The maximum absolute atomic E-state index is 13.3. The number of hydrogen-bond donors (Lipinski definition) is 0. The fraction of sp³-hybridized carbons (Fsp3) is 0.400. The van der Waals surface area contributed by atoms with Crippen LogP contribution in [0, 0.1) is 0 Å². The number of carbonyl (C=O) groups is 2. The van der Waals surface area contributed by atoms with Gasteiger partial charge in [0.25, 0.3) is 0 Å². The van der Waals surface area contributed by atoms with E-state index in [1.54, 1.807) is 28.4 Å². The molecule has 3 rings (SSSR count). The van der Waals surface area contributed by atoms with Gasteiger partial charge in [0.15, 0.2) is 0 Å². The first-order valence-electron chi connectivity index (χ1n) is 8.99. The molecule has 0 saturated carbocycles. The summed E-state index contributed by atoms with van der Waals surface area (Å²) < 4.78 is 0. The van der Waals surface area contributed by atoms with Crippen LogP contribution in [0.2, 0.25) is 10.0 Å². The predicted octanol–water partition coefficient (Wildman–Crippen LogP) is 5.00. The highest BCUT2D eigenvalue weighted by molar-refractivity contribution is 7.10. The Balaban J connectivity index is 1.96. The van der Waals surface area contributed by atoms with Gasteiger partial charge in [-0.1, -0.05) is 29.3 Å². The summed E-state index contributed by atoms with van der Waals surface area (Å²) in [4.78, 5) is 30.0. The van der Waals surface area contributed by atoms with Gasteiger partial charge < -0.3 is 9.80 Å². The molecule has 8 heteroatoms. The fourth-order valence-corrected chi connectivity index (χ4v) is 5.08. The number of carbonyl (C=O) groups excluding carboxylic acids is 2. The third-order valence-electron chi connectivity index (χ3n) is 4.91. The van der Waals surface area contributed by atoms with Crippen molar-refractivity contribution in [2.75, 3.05) is 19.0 Å². The molecule has 0 bridgehead atoms. The van der Waals surface area contributed by atoms with Crippen LogP contribution in [0.15, 0.2) is 29.6 Å². The Labute approximate surface area is 184 Å². The summed E-state index contributed by atoms with van der Waals surface area (Å²) in [6.07, 6.45) is 0.783. The van der Waals surface area contributed by atoms with Crippen LogP contribution in [0.1, 0.15) is 35.9 Å². The fourth-order valence-electron chi connectivity index (χ4n) is 3.52. The highest BCUT2D eigenvalue weighted by Crippen LogP contribution is 2.41. The first kappa shape index (κ1) is 21.4. The van der Waals surface area contributed by atoms with Crippen molar-refractivity contribution in [3.05, 3.63) is 55.7 Å². The van der Waals surface area contributed by atoms with Gasteiger partial charge in [-0.15, -0.1) is 22.9 Å². The molecule has 0 N–H and O–H groups in total. The lowest BCUT2D eigenvalue weighted by atomic mass is 9.93. The average Bonchev–Trinajstić information content (AvgIpc) is 3.13. The second-order valence-electron chi connectivity index (χ2n) is 6.95. The lowest BCUT2D eigenvalue weighted by Gasteiger charge is -2.38. The van der Waals surface area contributed by atoms with Crippen LogP contribution in [0.5, 0.6) is 0 Å². The summed E-state index contributed by atoms with van der Waals surface area (Å²) >= 11 is 20.0. The molecule has 1 aromatic heterocycles. The van der Waals surface area contributed by atoms with Crippen LogP contribution >= 0.6 is 46.1 Å². The molecule has 0 saturated heterocycles. The number of alkyl halides is 1. The smallest absolute Gasteiger partial charge is 0.243 e. The first-order chi connectivity index (χ1) is 13.3. The van der Waals surface area contributed by atoms with Crippen LogP contribution in [-0.2, 0) is 16.0 Å². The molecule has 150 valence electrons. The third-order valence-corrected chi connectivity index (χ3v) is 6.69. The number of halogens is 3. The quantitative estimate of drug-likeness (QED) is 0.590. The van der Waals surface area contributed by atoms with Crippen molar-refractivity contribution < 1.29 is 9.59 Å². The van der Waals surface area contributed by atoms with Crippen LogP contribution in [0.25, 0.3) is 0 Å². The predicted molar refractivity (Wildman–Crippen MR) is 116 cm³/mol. The number of amides is 2. The minimum absolute atomic E-state index is 0.00952. The van der Waals surface area contributed by atoms with Crippen LogP contribution in [0.4, 0.5) is 0 Å². The van der Waals surface area contributed by atoms with E-state index in [0.29, 0.717) is 16.6 Å². The normalized spacial score (nSPS) is 16.2. The van der Waals surface area contributed by atoms with Crippen molar-refractivity contribution in [1.29, 1.82) is 0 Å². The molecule has 1 aliphatic rings. The molecule has 0 aliphatic carbocycles. The Hall–Kier alpha value is -1.27. The van der Waals surface area contributed by atoms with E-state index in [4.69, 9.17) is 34.8 Å². The Morgan fingerprint density at radius 1 is 1.25 bits per heavy atom. The monoisotopic (exact) mass is 458 g/mol. The van der Waals surface area contributed by atoms with Crippen molar-refractivity contribution in [2.45, 2.75) is 32.4 Å². The first-order valence-corrected chi connectivity index (χ1v) is 11.2. The van der Waals surface area contributed by atoms with Gasteiger partial charge in [-0.3, -0.25) is 9.59 Å². The van der Waals surface area contributed by atoms with Crippen molar-refractivity contribution in [3.63, 3.8) is 0 Å². The molecule has 0 spiro atoms. The van der Waals surface area contributed by atoms with Gasteiger partial charge in [-0.25, -0.2) is 0 Å². The van der Waals surface area contributed by atoms with E-state index in [1.807, 2.05) is 31.4 Å². The molecule has 2 aromatic rings. The van der Waals surface area contributed by atoms with E-state index in [-0.39, 0.29) is 36.3 Å². The van der Waals surface area contributed by atoms with Gasteiger partial charge in [-0.2, -0.15) is 0 Å². The van der Waals surface area contributed by atoms with Gasteiger partial charge in [0, 0.05) is 27.5 Å². The molecule has 1 unspecified atom stereocenters. The lowest BCUT2D eigenvalue weighted by molar-refractivity contribution is -0.141. The lowest BCUT2D eigenvalue weighted by Crippen LogP contribution is -2.49. The van der Waals surface area contributed by atoms with Crippen molar-refractivity contribution >= 4 is 58.0 Å². The van der Waals surface area contributed by atoms with Crippen LogP contribution in [0.3, 0.4) is 0 Å². The molecule has 4 nitrogen and oxygen atoms in total. The zero-order chi connectivity index (χ0) is 20.4. The Morgan fingerprint density at radius 2 is 2.00 bits per heavy atom. The summed E-state index contributed by atoms with van der Waals surface area (Å²) in [5.74, 6) is -0.522. The second kappa shape index (κ2) is 9.04. The molecule has 1 aromatic carbocycles. The van der Waals surface area contributed by atoms with Gasteiger partial charge in [0.05, 0.1) is 6.04 Å². The van der Waals surface area contributed by atoms with Gasteiger partial charge in [0.1, 0.15) is 12.4 Å². The Bertz CT molecular complexity index is 884. The topological polar surface area (TPSA) is 40.6 Å². The minimum atomic E-state index is -0.299. The number of nitrogens with zero attached hydrogens (tertiary/aromatic N) is 2. The maximum atomic E-state index is 13.3. The second-order valence-corrected chi connectivity index (χ2v) is 9.07. The zero-order valence-corrected chi connectivity index (χ0v) is 18.7. The van der Waals surface area contributed by atoms with Crippen molar-refractivity contribution in [3.8, 4) is 0 Å². The van der Waals surface area contributed by atoms with E-state index in [0.717, 1.165) is 17.5 Å². The number of thiophene rings is 1. The number of hydrogen-bond acceptors (Lipinski definition) is 3.